The SMILES string of the molecule is Fc1ccnc(-c2cn[nH]c2)c1. The van der Waals surface area contributed by atoms with Crippen LogP contribution in [-0.4, -0.2) is 15.2 Å². The molecule has 0 spiro atoms. The molecule has 2 aromatic rings. The van der Waals surface area contributed by atoms with Crippen LogP contribution >= 0.6 is 0 Å². The van der Waals surface area contributed by atoms with Crippen LogP contribution < -0.4 is 0 Å². The van der Waals surface area contributed by atoms with Gasteiger partial charge in [0, 0.05) is 24.0 Å². The molecule has 0 aliphatic rings. The van der Waals surface area contributed by atoms with Crippen LogP contribution in [0.5, 0.6) is 0 Å². The summed E-state index contributed by atoms with van der Waals surface area (Å²) >= 11 is 0. The lowest BCUT2D eigenvalue weighted by Crippen LogP contribution is -1.81. The summed E-state index contributed by atoms with van der Waals surface area (Å²) in [5.41, 5.74) is 1.37. The largest absolute Gasteiger partial charge is 0.285 e. The van der Waals surface area contributed by atoms with E-state index in [9.17, 15) is 4.39 Å². The van der Waals surface area contributed by atoms with E-state index in [4.69, 9.17) is 0 Å². The maximum atomic E-state index is 12.7. The summed E-state index contributed by atoms with van der Waals surface area (Å²) in [5.74, 6) is -0.291. The fourth-order valence-corrected chi connectivity index (χ4v) is 0.954. The summed E-state index contributed by atoms with van der Waals surface area (Å²) in [4.78, 5) is 3.98. The molecule has 0 fully saturated rings. The first-order chi connectivity index (χ1) is 5.86. The Kier molecular flexibility index (Phi) is 1.59. The van der Waals surface area contributed by atoms with Crippen molar-refractivity contribution in [3.8, 4) is 11.3 Å². The van der Waals surface area contributed by atoms with Crippen molar-refractivity contribution in [2.75, 3.05) is 0 Å². The molecule has 0 aliphatic carbocycles. The van der Waals surface area contributed by atoms with Gasteiger partial charge in [-0.05, 0) is 6.07 Å². The van der Waals surface area contributed by atoms with Crippen molar-refractivity contribution in [2.24, 2.45) is 0 Å². The quantitative estimate of drug-likeness (QED) is 0.693. The van der Waals surface area contributed by atoms with Gasteiger partial charge in [0.1, 0.15) is 5.82 Å². The minimum absolute atomic E-state index is 0.291. The number of hydrogen-bond acceptors (Lipinski definition) is 2. The first-order valence-electron chi connectivity index (χ1n) is 3.47. The van der Waals surface area contributed by atoms with Gasteiger partial charge in [0.15, 0.2) is 0 Å². The van der Waals surface area contributed by atoms with E-state index in [1.165, 1.54) is 18.3 Å². The molecule has 0 atom stereocenters. The Morgan fingerprint density at radius 3 is 3.00 bits per heavy atom. The highest BCUT2D eigenvalue weighted by Gasteiger charge is 2.00. The Balaban J connectivity index is 2.48. The molecule has 0 saturated carbocycles. The summed E-state index contributed by atoms with van der Waals surface area (Å²) < 4.78 is 12.7. The third kappa shape index (κ3) is 1.18. The summed E-state index contributed by atoms with van der Waals surface area (Å²) in [6, 6.07) is 2.68. The van der Waals surface area contributed by atoms with E-state index in [-0.39, 0.29) is 5.82 Å². The van der Waals surface area contributed by atoms with Crippen LogP contribution in [0.2, 0.25) is 0 Å². The molecule has 0 saturated heterocycles. The van der Waals surface area contributed by atoms with Crippen LogP contribution in [0.25, 0.3) is 11.3 Å². The van der Waals surface area contributed by atoms with Crippen LogP contribution in [0.15, 0.2) is 30.7 Å². The summed E-state index contributed by atoms with van der Waals surface area (Å²) in [5, 5.41) is 6.38. The van der Waals surface area contributed by atoms with Crippen molar-refractivity contribution in [1.29, 1.82) is 0 Å². The molecule has 3 nitrogen and oxygen atoms in total. The number of H-pyrrole nitrogens is 1. The number of aromatic amines is 1. The molecule has 0 aliphatic heterocycles. The van der Waals surface area contributed by atoms with E-state index in [1.54, 1.807) is 12.4 Å². The minimum Gasteiger partial charge on any atom is -0.285 e. The van der Waals surface area contributed by atoms with Crippen molar-refractivity contribution in [3.05, 3.63) is 36.5 Å². The predicted molar refractivity (Wildman–Crippen MR) is 41.8 cm³/mol. The number of hydrogen-bond donors (Lipinski definition) is 1. The van der Waals surface area contributed by atoms with Crippen LogP contribution in [0.3, 0.4) is 0 Å². The van der Waals surface area contributed by atoms with Crippen molar-refractivity contribution in [1.82, 2.24) is 15.2 Å². The second-order valence-electron chi connectivity index (χ2n) is 2.35. The van der Waals surface area contributed by atoms with E-state index in [1.807, 2.05) is 0 Å². The maximum Gasteiger partial charge on any atom is 0.126 e. The van der Waals surface area contributed by atoms with Gasteiger partial charge in [-0.25, -0.2) is 4.39 Å². The Labute approximate surface area is 68.3 Å². The number of rotatable bonds is 1. The van der Waals surface area contributed by atoms with Crippen LogP contribution in [0, 0.1) is 5.82 Å². The molecule has 1 N–H and O–H groups in total. The van der Waals surface area contributed by atoms with Gasteiger partial charge in [-0.3, -0.25) is 10.1 Å². The fourth-order valence-electron chi connectivity index (χ4n) is 0.954. The lowest BCUT2D eigenvalue weighted by atomic mass is 10.2. The van der Waals surface area contributed by atoms with Crippen molar-refractivity contribution >= 4 is 0 Å². The fraction of sp³-hybridized carbons (Fsp3) is 0. The molecule has 60 valence electrons. The van der Waals surface area contributed by atoms with Gasteiger partial charge in [-0.1, -0.05) is 0 Å². The van der Waals surface area contributed by atoms with Gasteiger partial charge in [0.05, 0.1) is 11.9 Å². The smallest absolute Gasteiger partial charge is 0.126 e. The molecule has 12 heavy (non-hydrogen) atoms. The number of halogens is 1. The van der Waals surface area contributed by atoms with Gasteiger partial charge in [-0.15, -0.1) is 0 Å². The molecule has 2 heterocycles. The number of nitrogens with zero attached hydrogens (tertiary/aromatic N) is 2. The Hall–Kier alpha value is -1.71. The molecule has 0 radical (unpaired) electrons. The van der Waals surface area contributed by atoms with E-state index in [2.05, 4.69) is 15.2 Å². The number of aromatic nitrogens is 3. The Bertz CT molecular complexity index is 370. The van der Waals surface area contributed by atoms with E-state index in [0.29, 0.717) is 5.69 Å². The maximum absolute atomic E-state index is 12.7. The second-order valence-corrected chi connectivity index (χ2v) is 2.35. The average Bonchev–Trinajstić information content (AvgIpc) is 2.56. The topological polar surface area (TPSA) is 41.6 Å². The molecule has 0 unspecified atom stereocenters. The zero-order chi connectivity index (χ0) is 8.39. The van der Waals surface area contributed by atoms with Gasteiger partial charge in [0.25, 0.3) is 0 Å². The molecule has 0 aromatic carbocycles. The zero-order valence-corrected chi connectivity index (χ0v) is 6.16. The summed E-state index contributed by atoms with van der Waals surface area (Å²) in [6.45, 7) is 0. The zero-order valence-electron chi connectivity index (χ0n) is 6.16. The second kappa shape index (κ2) is 2.73. The van der Waals surface area contributed by atoms with Crippen LogP contribution in [0.4, 0.5) is 4.39 Å². The molecule has 2 rings (SSSR count). The highest BCUT2D eigenvalue weighted by atomic mass is 19.1. The normalized spacial score (nSPS) is 10.1. The lowest BCUT2D eigenvalue weighted by Gasteiger charge is -1.93. The standard InChI is InChI=1S/C8H6FN3/c9-7-1-2-10-8(3-7)6-4-11-12-5-6/h1-5H,(H,11,12). The van der Waals surface area contributed by atoms with E-state index < -0.39 is 0 Å². The first kappa shape index (κ1) is 6.97. The van der Waals surface area contributed by atoms with Gasteiger partial charge in [0.2, 0.25) is 0 Å². The third-order valence-corrected chi connectivity index (χ3v) is 1.52. The highest BCUT2D eigenvalue weighted by Crippen LogP contribution is 2.14. The van der Waals surface area contributed by atoms with Gasteiger partial charge in [-0.2, -0.15) is 5.10 Å². The first-order valence-corrected chi connectivity index (χ1v) is 3.47. The van der Waals surface area contributed by atoms with Crippen LogP contribution in [0.1, 0.15) is 0 Å². The minimum atomic E-state index is -0.291. The molecule has 0 bridgehead atoms. The average molecular weight is 163 g/mol. The molecular formula is C8H6FN3. The Morgan fingerprint density at radius 2 is 2.33 bits per heavy atom. The summed E-state index contributed by atoms with van der Waals surface area (Å²) in [7, 11) is 0. The van der Waals surface area contributed by atoms with E-state index in [0.717, 1.165) is 5.56 Å². The van der Waals surface area contributed by atoms with Gasteiger partial charge < -0.3 is 0 Å². The number of nitrogens with one attached hydrogen (secondary N) is 1. The van der Waals surface area contributed by atoms with Crippen LogP contribution in [-0.2, 0) is 0 Å². The predicted octanol–water partition coefficient (Wildman–Crippen LogP) is 1.61. The third-order valence-electron chi connectivity index (χ3n) is 1.52. The Morgan fingerprint density at radius 1 is 1.42 bits per heavy atom. The molecule has 2 aromatic heterocycles. The molecule has 4 heteroatoms. The lowest BCUT2D eigenvalue weighted by molar-refractivity contribution is 0.626. The van der Waals surface area contributed by atoms with Crippen molar-refractivity contribution in [3.63, 3.8) is 0 Å². The highest BCUT2D eigenvalue weighted by molar-refractivity contribution is 5.56. The van der Waals surface area contributed by atoms with E-state index >= 15 is 0 Å². The molecular weight excluding hydrogens is 157 g/mol. The van der Waals surface area contributed by atoms with Crippen molar-refractivity contribution in [2.45, 2.75) is 0 Å². The van der Waals surface area contributed by atoms with Crippen molar-refractivity contribution < 1.29 is 4.39 Å². The monoisotopic (exact) mass is 163 g/mol. The van der Waals surface area contributed by atoms with Gasteiger partial charge >= 0.3 is 0 Å². The summed E-state index contributed by atoms with van der Waals surface area (Å²) in [6.07, 6.45) is 4.70. The molecule has 0 amide bonds. The number of pyridine rings is 1.